The van der Waals surface area contributed by atoms with Crippen LogP contribution in [0, 0.1) is 44.3 Å². The Labute approximate surface area is 197 Å². The third-order valence-corrected chi connectivity index (χ3v) is 12.5. The predicted molar refractivity (Wildman–Crippen MR) is 132 cm³/mol. The van der Waals surface area contributed by atoms with Crippen LogP contribution < -0.4 is 0 Å². The topological polar surface area (TPSA) is 40.5 Å². The van der Waals surface area contributed by atoms with Gasteiger partial charge in [-0.3, -0.25) is 0 Å². The molecule has 5 rings (SSSR count). The molecule has 5 aliphatic carbocycles. The molecule has 0 aromatic rings. The van der Waals surface area contributed by atoms with Crippen LogP contribution in [0.2, 0.25) is 0 Å². The highest BCUT2D eigenvalue weighted by molar-refractivity contribution is 5.45. The molecule has 0 bridgehead atoms. The molecular weight excluding hydrogens is 392 g/mol. The normalized spacial score (nSPS) is 54.3. The van der Waals surface area contributed by atoms with E-state index in [-0.39, 0.29) is 34.4 Å². The standard InChI is InChI=1S/C30H48O2/c1-25(2)14-15-26(3)16-17-29(6)20(21(26)18-25)8-9-23-27(4)12-11-24(32)28(5,19-31)22(27)10-13-30(23,29)7/h8-9,22-24,31-32H,10-19H2,1-7H3. The van der Waals surface area contributed by atoms with Gasteiger partial charge in [0.1, 0.15) is 0 Å². The lowest BCUT2D eigenvalue weighted by Gasteiger charge is -2.69. The van der Waals surface area contributed by atoms with Crippen molar-refractivity contribution >= 4 is 0 Å². The van der Waals surface area contributed by atoms with Crippen molar-refractivity contribution in [1.29, 1.82) is 0 Å². The van der Waals surface area contributed by atoms with Crippen molar-refractivity contribution < 1.29 is 10.2 Å². The molecule has 3 fully saturated rings. The number of hydrogen-bond donors (Lipinski definition) is 2. The molecule has 180 valence electrons. The molecule has 32 heavy (non-hydrogen) atoms. The van der Waals surface area contributed by atoms with Gasteiger partial charge in [-0.15, -0.1) is 0 Å². The molecule has 0 amide bonds. The molecule has 0 aliphatic heterocycles. The van der Waals surface area contributed by atoms with Crippen LogP contribution in [-0.2, 0) is 0 Å². The second-order valence-corrected chi connectivity index (χ2v) is 14.7. The van der Waals surface area contributed by atoms with E-state index in [9.17, 15) is 10.2 Å². The van der Waals surface area contributed by atoms with Crippen molar-refractivity contribution in [2.75, 3.05) is 6.61 Å². The van der Waals surface area contributed by atoms with Crippen molar-refractivity contribution in [2.24, 2.45) is 44.3 Å². The number of allylic oxidation sites excluding steroid dienone is 4. The van der Waals surface area contributed by atoms with Gasteiger partial charge >= 0.3 is 0 Å². The van der Waals surface area contributed by atoms with Gasteiger partial charge in [-0.05, 0) is 102 Å². The van der Waals surface area contributed by atoms with Crippen LogP contribution in [0.25, 0.3) is 0 Å². The van der Waals surface area contributed by atoms with E-state index in [1.54, 1.807) is 11.1 Å². The van der Waals surface area contributed by atoms with Crippen molar-refractivity contribution in [3.05, 3.63) is 23.3 Å². The van der Waals surface area contributed by atoms with Gasteiger partial charge in [0.25, 0.3) is 0 Å². The van der Waals surface area contributed by atoms with E-state index < -0.39 is 0 Å². The summed E-state index contributed by atoms with van der Waals surface area (Å²) in [5.41, 5.74) is 4.53. The summed E-state index contributed by atoms with van der Waals surface area (Å²) in [5, 5.41) is 21.3. The SMILES string of the molecule is CC1(C)CCC2(C)CCC3(C)C(=C2C1)C=CC1C2(C)CCC(O)C(C)(CO)C2CCC13C. The fourth-order valence-corrected chi connectivity index (χ4v) is 9.87. The molecule has 2 nitrogen and oxygen atoms in total. The summed E-state index contributed by atoms with van der Waals surface area (Å²) < 4.78 is 0. The fourth-order valence-electron chi connectivity index (χ4n) is 9.87. The van der Waals surface area contributed by atoms with Crippen molar-refractivity contribution in [1.82, 2.24) is 0 Å². The van der Waals surface area contributed by atoms with Gasteiger partial charge in [-0.25, -0.2) is 0 Å². The summed E-state index contributed by atoms with van der Waals surface area (Å²) in [6.07, 6.45) is 15.6. The van der Waals surface area contributed by atoms with Crippen LogP contribution in [-0.4, -0.2) is 22.9 Å². The van der Waals surface area contributed by atoms with E-state index in [0.717, 1.165) is 19.3 Å². The molecular formula is C30H48O2. The Kier molecular flexibility index (Phi) is 4.88. The number of hydrogen-bond acceptors (Lipinski definition) is 2. The Bertz CT molecular complexity index is 868. The van der Waals surface area contributed by atoms with Gasteiger partial charge in [0.05, 0.1) is 12.7 Å². The van der Waals surface area contributed by atoms with Gasteiger partial charge in [-0.2, -0.15) is 0 Å². The smallest absolute Gasteiger partial charge is 0.0618 e. The minimum Gasteiger partial charge on any atom is -0.396 e. The molecule has 2 N–H and O–H groups in total. The first-order valence-corrected chi connectivity index (χ1v) is 13.5. The summed E-state index contributed by atoms with van der Waals surface area (Å²) >= 11 is 0. The molecule has 8 atom stereocenters. The van der Waals surface area contributed by atoms with Gasteiger partial charge in [0, 0.05) is 5.41 Å². The van der Waals surface area contributed by atoms with Crippen LogP contribution in [0.4, 0.5) is 0 Å². The Hall–Kier alpha value is -0.600. The molecule has 0 spiro atoms. The minimum atomic E-state index is -0.379. The van der Waals surface area contributed by atoms with E-state index in [1.165, 1.54) is 38.5 Å². The Morgan fingerprint density at radius 3 is 2.25 bits per heavy atom. The second-order valence-electron chi connectivity index (χ2n) is 14.7. The lowest BCUT2D eigenvalue weighted by Crippen LogP contribution is -2.64. The van der Waals surface area contributed by atoms with Gasteiger partial charge in [0.15, 0.2) is 0 Å². The van der Waals surface area contributed by atoms with Crippen LogP contribution in [0.1, 0.15) is 106 Å². The first kappa shape index (κ1) is 23.2. The molecule has 3 saturated carbocycles. The number of fused-ring (bicyclic) bond motifs is 6. The van der Waals surface area contributed by atoms with Crippen molar-refractivity contribution in [3.63, 3.8) is 0 Å². The van der Waals surface area contributed by atoms with Crippen LogP contribution in [0.3, 0.4) is 0 Å². The quantitative estimate of drug-likeness (QED) is 0.458. The molecule has 2 heteroatoms. The fraction of sp³-hybridized carbons (Fsp3) is 0.867. The zero-order valence-electron chi connectivity index (χ0n) is 21.9. The maximum Gasteiger partial charge on any atom is 0.0618 e. The summed E-state index contributed by atoms with van der Waals surface area (Å²) in [6.45, 7) is 17.5. The monoisotopic (exact) mass is 440 g/mol. The largest absolute Gasteiger partial charge is 0.396 e. The van der Waals surface area contributed by atoms with Crippen molar-refractivity contribution in [2.45, 2.75) is 112 Å². The van der Waals surface area contributed by atoms with Crippen LogP contribution in [0.15, 0.2) is 23.3 Å². The molecule has 0 heterocycles. The zero-order chi connectivity index (χ0) is 23.4. The maximum absolute atomic E-state index is 10.9. The average Bonchev–Trinajstić information content (AvgIpc) is 2.73. The Morgan fingerprint density at radius 2 is 1.56 bits per heavy atom. The Morgan fingerprint density at radius 1 is 0.875 bits per heavy atom. The lowest BCUT2D eigenvalue weighted by atomic mass is 9.35. The van der Waals surface area contributed by atoms with E-state index in [1.807, 2.05) is 0 Å². The van der Waals surface area contributed by atoms with Crippen molar-refractivity contribution in [3.8, 4) is 0 Å². The van der Waals surface area contributed by atoms with Crippen LogP contribution >= 0.6 is 0 Å². The maximum atomic E-state index is 10.9. The van der Waals surface area contributed by atoms with E-state index in [0.29, 0.717) is 22.7 Å². The first-order valence-electron chi connectivity index (χ1n) is 13.5. The van der Waals surface area contributed by atoms with Gasteiger partial charge in [-0.1, -0.05) is 66.2 Å². The first-order chi connectivity index (χ1) is 14.8. The molecule has 8 unspecified atom stereocenters. The van der Waals surface area contributed by atoms with Gasteiger partial charge < -0.3 is 10.2 Å². The van der Waals surface area contributed by atoms with Crippen LogP contribution in [0.5, 0.6) is 0 Å². The molecule has 5 aliphatic rings. The highest BCUT2D eigenvalue weighted by Crippen LogP contribution is 2.74. The number of rotatable bonds is 1. The van der Waals surface area contributed by atoms with E-state index >= 15 is 0 Å². The predicted octanol–water partition coefficient (Wildman–Crippen LogP) is 7.06. The molecule has 0 saturated heterocycles. The average molecular weight is 441 g/mol. The summed E-state index contributed by atoms with van der Waals surface area (Å²) in [6, 6.07) is 0. The minimum absolute atomic E-state index is 0.0988. The van der Waals surface area contributed by atoms with E-state index in [4.69, 9.17) is 0 Å². The number of aliphatic hydroxyl groups excluding tert-OH is 2. The number of aliphatic hydroxyl groups is 2. The molecule has 0 aromatic carbocycles. The third kappa shape index (κ3) is 2.72. The highest BCUT2D eigenvalue weighted by atomic mass is 16.3. The third-order valence-electron chi connectivity index (χ3n) is 12.5. The highest BCUT2D eigenvalue weighted by Gasteiger charge is 2.67. The summed E-state index contributed by atoms with van der Waals surface area (Å²) in [4.78, 5) is 0. The Balaban J connectivity index is 1.64. The lowest BCUT2D eigenvalue weighted by molar-refractivity contribution is -0.197. The molecule has 0 aromatic heterocycles. The van der Waals surface area contributed by atoms with E-state index in [2.05, 4.69) is 60.6 Å². The molecule has 0 radical (unpaired) electrons. The van der Waals surface area contributed by atoms with Gasteiger partial charge in [0.2, 0.25) is 0 Å². The second kappa shape index (κ2) is 6.75. The summed E-state index contributed by atoms with van der Waals surface area (Å²) in [5.74, 6) is 0.897. The summed E-state index contributed by atoms with van der Waals surface area (Å²) in [7, 11) is 0. The zero-order valence-corrected chi connectivity index (χ0v) is 21.9.